The second-order valence-corrected chi connectivity index (χ2v) is 9.15. The molecule has 0 aliphatic heterocycles. The molecule has 0 amide bonds. The molecule has 0 radical (unpaired) electrons. The molecule has 3 saturated carbocycles. The van der Waals surface area contributed by atoms with Crippen molar-refractivity contribution < 1.29 is 4.74 Å². The molecule has 0 atom stereocenters. The summed E-state index contributed by atoms with van der Waals surface area (Å²) >= 11 is 0. The molecule has 3 nitrogen and oxygen atoms in total. The van der Waals surface area contributed by atoms with Crippen LogP contribution in [-0.2, 0) is 6.42 Å². The number of hydrogen-bond donors (Lipinski definition) is 0. The van der Waals surface area contributed by atoms with E-state index in [1.54, 1.807) is 0 Å². The van der Waals surface area contributed by atoms with Gasteiger partial charge in [0.15, 0.2) is 0 Å². The molecule has 4 rings (SSSR count). The standard InChI is InChI=1S/C25H34N2O/c1-3-5-17-28-23-7-6-20(21(18-26)22(23)19-27)8-10-25-14-11-24(9-4-2,12-15-25)13-16-25/h6-7H,3-5,8-17H2,1-2H3. The number of nitriles is 2. The average molecular weight is 379 g/mol. The van der Waals surface area contributed by atoms with Crippen LogP contribution >= 0.6 is 0 Å². The highest BCUT2D eigenvalue weighted by Crippen LogP contribution is 2.60. The molecule has 2 bridgehead atoms. The number of hydrogen-bond acceptors (Lipinski definition) is 3. The van der Waals surface area contributed by atoms with Crippen molar-refractivity contribution in [1.29, 1.82) is 10.5 Å². The predicted molar refractivity (Wildman–Crippen MR) is 112 cm³/mol. The fourth-order valence-corrected chi connectivity index (χ4v) is 5.54. The Morgan fingerprint density at radius 2 is 1.46 bits per heavy atom. The molecule has 0 unspecified atom stereocenters. The molecule has 150 valence electrons. The molecule has 1 aromatic carbocycles. The zero-order chi connectivity index (χ0) is 20.0. The number of unbranched alkanes of at least 4 members (excludes halogenated alkanes) is 1. The van der Waals surface area contributed by atoms with E-state index in [-0.39, 0.29) is 0 Å². The molecule has 0 aromatic heterocycles. The number of ether oxygens (including phenoxy) is 1. The summed E-state index contributed by atoms with van der Waals surface area (Å²) < 4.78 is 5.77. The van der Waals surface area contributed by atoms with E-state index in [1.165, 1.54) is 51.4 Å². The minimum atomic E-state index is 0.419. The van der Waals surface area contributed by atoms with E-state index in [0.29, 0.717) is 34.3 Å². The smallest absolute Gasteiger partial charge is 0.138 e. The normalized spacial score (nSPS) is 25.9. The van der Waals surface area contributed by atoms with E-state index in [1.807, 2.05) is 12.1 Å². The fraction of sp³-hybridized carbons (Fsp3) is 0.680. The summed E-state index contributed by atoms with van der Waals surface area (Å²) in [4.78, 5) is 0. The van der Waals surface area contributed by atoms with Gasteiger partial charge in [0.05, 0.1) is 12.2 Å². The van der Waals surface area contributed by atoms with Crippen molar-refractivity contribution >= 4 is 0 Å². The second-order valence-electron chi connectivity index (χ2n) is 9.15. The molecule has 28 heavy (non-hydrogen) atoms. The summed E-state index contributed by atoms with van der Waals surface area (Å²) in [6, 6.07) is 8.43. The van der Waals surface area contributed by atoms with Crippen molar-refractivity contribution in [3.63, 3.8) is 0 Å². The third-order valence-electron chi connectivity index (χ3n) is 7.49. The van der Waals surface area contributed by atoms with Crippen LogP contribution in [0.4, 0.5) is 0 Å². The van der Waals surface area contributed by atoms with Crippen molar-refractivity contribution in [1.82, 2.24) is 0 Å². The lowest BCUT2D eigenvalue weighted by Crippen LogP contribution is -2.41. The summed E-state index contributed by atoms with van der Waals surface area (Å²) in [6.07, 6.45) is 14.9. The highest BCUT2D eigenvalue weighted by molar-refractivity contribution is 5.57. The molecule has 0 saturated heterocycles. The van der Waals surface area contributed by atoms with Crippen LogP contribution in [0.5, 0.6) is 5.75 Å². The van der Waals surface area contributed by atoms with Gasteiger partial charge in [-0.25, -0.2) is 0 Å². The number of rotatable bonds is 9. The van der Waals surface area contributed by atoms with Crippen LogP contribution in [0.15, 0.2) is 12.1 Å². The molecule has 3 aliphatic carbocycles. The Kier molecular flexibility index (Phi) is 6.66. The van der Waals surface area contributed by atoms with E-state index >= 15 is 0 Å². The topological polar surface area (TPSA) is 56.8 Å². The number of aryl methyl sites for hydroxylation is 1. The van der Waals surface area contributed by atoms with Gasteiger partial charge in [-0.1, -0.05) is 32.8 Å². The Morgan fingerprint density at radius 3 is 2.00 bits per heavy atom. The SMILES string of the molecule is CCCCOc1ccc(CCC23CCC(CCC)(CC2)CC3)c(C#N)c1C#N. The summed E-state index contributed by atoms with van der Waals surface area (Å²) in [6.45, 7) is 5.02. The number of fused-ring (bicyclic) bond motifs is 3. The van der Waals surface area contributed by atoms with Gasteiger partial charge in [-0.3, -0.25) is 0 Å². The zero-order valence-corrected chi connectivity index (χ0v) is 17.6. The lowest BCUT2D eigenvalue weighted by Gasteiger charge is -2.54. The average Bonchev–Trinajstić information content (AvgIpc) is 2.74. The molecule has 3 heteroatoms. The highest BCUT2D eigenvalue weighted by atomic mass is 16.5. The Hall–Kier alpha value is -2.00. The van der Waals surface area contributed by atoms with Crippen LogP contribution in [0.2, 0.25) is 0 Å². The molecule has 0 spiro atoms. The van der Waals surface area contributed by atoms with E-state index in [2.05, 4.69) is 26.0 Å². The Balaban J connectivity index is 1.70. The van der Waals surface area contributed by atoms with Gasteiger partial charge in [0, 0.05) is 0 Å². The van der Waals surface area contributed by atoms with Crippen molar-refractivity contribution in [2.24, 2.45) is 10.8 Å². The van der Waals surface area contributed by atoms with Crippen molar-refractivity contribution in [2.45, 2.75) is 90.9 Å². The van der Waals surface area contributed by atoms with Crippen LogP contribution in [0.1, 0.15) is 101 Å². The molecule has 0 N–H and O–H groups in total. The first-order valence-corrected chi connectivity index (χ1v) is 11.2. The lowest BCUT2D eigenvalue weighted by atomic mass is 9.51. The minimum absolute atomic E-state index is 0.419. The highest BCUT2D eigenvalue weighted by Gasteiger charge is 2.47. The summed E-state index contributed by atoms with van der Waals surface area (Å²) in [5.74, 6) is 0.564. The maximum Gasteiger partial charge on any atom is 0.138 e. The number of benzene rings is 1. The third-order valence-corrected chi connectivity index (χ3v) is 7.49. The summed E-state index contributed by atoms with van der Waals surface area (Å²) in [5, 5.41) is 19.4. The minimum Gasteiger partial charge on any atom is -0.492 e. The first-order valence-electron chi connectivity index (χ1n) is 11.2. The largest absolute Gasteiger partial charge is 0.492 e. The van der Waals surface area contributed by atoms with E-state index in [4.69, 9.17) is 4.74 Å². The first-order chi connectivity index (χ1) is 13.6. The van der Waals surface area contributed by atoms with Gasteiger partial charge in [0.2, 0.25) is 0 Å². The van der Waals surface area contributed by atoms with E-state index in [0.717, 1.165) is 31.2 Å². The maximum atomic E-state index is 9.73. The van der Waals surface area contributed by atoms with Gasteiger partial charge in [-0.15, -0.1) is 0 Å². The van der Waals surface area contributed by atoms with Crippen LogP contribution < -0.4 is 4.74 Å². The Labute approximate surface area is 170 Å². The molecule has 3 aliphatic rings. The van der Waals surface area contributed by atoms with Crippen molar-refractivity contribution in [3.8, 4) is 17.9 Å². The van der Waals surface area contributed by atoms with Crippen LogP contribution in [0, 0.1) is 33.5 Å². The monoisotopic (exact) mass is 378 g/mol. The molecular formula is C25H34N2O. The van der Waals surface area contributed by atoms with Gasteiger partial charge in [-0.05, 0) is 86.7 Å². The van der Waals surface area contributed by atoms with E-state index in [9.17, 15) is 10.5 Å². The van der Waals surface area contributed by atoms with Gasteiger partial charge >= 0.3 is 0 Å². The van der Waals surface area contributed by atoms with Gasteiger partial charge < -0.3 is 4.74 Å². The van der Waals surface area contributed by atoms with Gasteiger partial charge in [0.25, 0.3) is 0 Å². The van der Waals surface area contributed by atoms with Crippen molar-refractivity contribution in [2.75, 3.05) is 6.61 Å². The third kappa shape index (κ3) is 4.20. The Bertz CT molecular complexity index is 743. The lowest BCUT2D eigenvalue weighted by molar-refractivity contribution is -0.0195. The first kappa shape index (κ1) is 20.7. The van der Waals surface area contributed by atoms with Crippen LogP contribution in [-0.4, -0.2) is 6.61 Å². The second kappa shape index (κ2) is 9.00. The van der Waals surface area contributed by atoms with Crippen LogP contribution in [0.3, 0.4) is 0 Å². The van der Waals surface area contributed by atoms with Crippen LogP contribution in [0.25, 0.3) is 0 Å². The fourth-order valence-electron chi connectivity index (χ4n) is 5.54. The molecular weight excluding hydrogens is 344 g/mol. The van der Waals surface area contributed by atoms with Gasteiger partial charge in [-0.2, -0.15) is 10.5 Å². The van der Waals surface area contributed by atoms with Crippen molar-refractivity contribution in [3.05, 3.63) is 28.8 Å². The zero-order valence-electron chi connectivity index (χ0n) is 17.6. The Morgan fingerprint density at radius 1 is 0.857 bits per heavy atom. The maximum absolute atomic E-state index is 9.73. The van der Waals surface area contributed by atoms with E-state index < -0.39 is 0 Å². The predicted octanol–water partition coefficient (Wildman–Crippen LogP) is 6.68. The summed E-state index contributed by atoms with van der Waals surface area (Å²) in [5.41, 5.74) is 3.07. The molecule has 0 heterocycles. The number of nitrogens with zero attached hydrogens (tertiary/aromatic N) is 2. The summed E-state index contributed by atoms with van der Waals surface area (Å²) in [7, 11) is 0. The quantitative estimate of drug-likeness (QED) is 0.450. The molecule has 3 fully saturated rings. The van der Waals surface area contributed by atoms with Gasteiger partial charge in [0.1, 0.15) is 23.5 Å². The molecule has 1 aromatic rings.